The van der Waals surface area contributed by atoms with E-state index in [1.807, 2.05) is 0 Å². The Hall–Kier alpha value is -0.410. The van der Waals surface area contributed by atoms with Crippen molar-refractivity contribution < 1.29 is 9.90 Å². The van der Waals surface area contributed by atoms with Crippen molar-refractivity contribution in [1.82, 2.24) is 4.90 Å². The number of aliphatic hydroxyl groups excluding tert-OH is 1. The molecule has 2 fully saturated rings. The molecule has 0 aromatic carbocycles. The highest BCUT2D eigenvalue weighted by Gasteiger charge is 2.34. The van der Waals surface area contributed by atoms with Gasteiger partial charge in [0, 0.05) is 18.5 Å². The summed E-state index contributed by atoms with van der Waals surface area (Å²) in [5, 5.41) is 8.83. The number of carbonyl (C=O) groups is 1. The lowest BCUT2D eigenvalue weighted by Crippen LogP contribution is -2.34. The van der Waals surface area contributed by atoms with Gasteiger partial charge in [-0.25, -0.2) is 0 Å². The Labute approximate surface area is 78.7 Å². The molecule has 3 heteroatoms. The maximum Gasteiger partial charge on any atom is 0.149 e. The number of hydrogen-bond donors (Lipinski definition) is 1. The minimum atomic E-state index is 0.175. The van der Waals surface area contributed by atoms with Crippen LogP contribution in [0.1, 0.15) is 25.7 Å². The fraction of sp³-hybridized carbons (Fsp3) is 0.900. The molecule has 0 amide bonds. The van der Waals surface area contributed by atoms with Crippen LogP contribution < -0.4 is 0 Å². The minimum Gasteiger partial charge on any atom is -0.395 e. The lowest BCUT2D eigenvalue weighted by atomic mass is 10.2. The van der Waals surface area contributed by atoms with Crippen molar-refractivity contribution in [2.45, 2.75) is 31.7 Å². The molecule has 0 aromatic rings. The smallest absolute Gasteiger partial charge is 0.149 e. The molecule has 0 saturated heterocycles. The van der Waals surface area contributed by atoms with Crippen LogP contribution in [0.5, 0.6) is 0 Å². The van der Waals surface area contributed by atoms with Gasteiger partial charge < -0.3 is 5.11 Å². The SMILES string of the molecule is O=C(CN(CCO)C1CC1)C1CC1. The van der Waals surface area contributed by atoms with Gasteiger partial charge in [-0.15, -0.1) is 0 Å². The fourth-order valence-electron chi connectivity index (χ4n) is 1.69. The summed E-state index contributed by atoms with van der Waals surface area (Å²) in [5.74, 6) is 0.750. The summed E-state index contributed by atoms with van der Waals surface area (Å²) >= 11 is 0. The number of carbonyl (C=O) groups excluding carboxylic acids is 1. The highest BCUT2D eigenvalue weighted by atomic mass is 16.3. The van der Waals surface area contributed by atoms with Crippen LogP contribution in [0.4, 0.5) is 0 Å². The van der Waals surface area contributed by atoms with Crippen LogP contribution in [0.3, 0.4) is 0 Å². The molecule has 0 unspecified atom stereocenters. The monoisotopic (exact) mass is 183 g/mol. The van der Waals surface area contributed by atoms with Gasteiger partial charge in [0.1, 0.15) is 5.78 Å². The maximum atomic E-state index is 11.5. The van der Waals surface area contributed by atoms with Crippen LogP contribution in [0, 0.1) is 5.92 Å². The number of hydrogen-bond acceptors (Lipinski definition) is 3. The Morgan fingerprint density at radius 3 is 2.46 bits per heavy atom. The molecule has 0 radical (unpaired) electrons. The van der Waals surface area contributed by atoms with E-state index in [0.717, 1.165) is 12.8 Å². The van der Waals surface area contributed by atoms with Gasteiger partial charge in [0.15, 0.2) is 0 Å². The first-order valence-corrected chi connectivity index (χ1v) is 5.19. The third-order valence-electron chi connectivity index (χ3n) is 2.84. The summed E-state index contributed by atoms with van der Waals surface area (Å²) in [6.45, 7) is 1.42. The Morgan fingerprint density at radius 2 is 2.00 bits per heavy atom. The van der Waals surface area contributed by atoms with E-state index in [2.05, 4.69) is 4.90 Å². The molecular formula is C10H17NO2. The first kappa shape index (κ1) is 9.16. The largest absolute Gasteiger partial charge is 0.395 e. The van der Waals surface area contributed by atoms with Crippen LogP contribution in [-0.4, -0.2) is 41.5 Å². The summed E-state index contributed by atoms with van der Waals surface area (Å²) in [4.78, 5) is 13.6. The Kier molecular flexibility index (Phi) is 2.65. The van der Waals surface area contributed by atoms with Crippen LogP contribution in [-0.2, 0) is 4.79 Å². The number of aliphatic hydroxyl groups is 1. The van der Waals surface area contributed by atoms with E-state index in [1.165, 1.54) is 12.8 Å². The molecule has 3 nitrogen and oxygen atoms in total. The first-order valence-electron chi connectivity index (χ1n) is 5.19. The number of rotatable bonds is 6. The Morgan fingerprint density at radius 1 is 1.31 bits per heavy atom. The van der Waals surface area contributed by atoms with Gasteiger partial charge in [0.25, 0.3) is 0 Å². The highest BCUT2D eigenvalue weighted by molar-refractivity contribution is 5.85. The van der Waals surface area contributed by atoms with Gasteiger partial charge in [-0.3, -0.25) is 9.69 Å². The predicted molar refractivity (Wildman–Crippen MR) is 49.4 cm³/mol. The van der Waals surface area contributed by atoms with Gasteiger partial charge in [-0.05, 0) is 25.7 Å². The summed E-state index contributed by atoms with van der Waals surface area (Å²) in [6, 6.07) is 0.592. The topological polar surface area (TPSA) is 40.5 Å². The molecular weight excluding hydrogens is 166 g/mol. The Balaban J connectivity index is 1.77. The summed E-state index contributed by atoms with van der Waals surface area (Å²) < 4.78 is 0. The van der Waals surface area contributed by atoms with Gasteiger partial charge in [0.2, 0.25) is 0 Å². The fourth-order valence-corrected chi connectivity index (χ4v) is 1.69. The number of nitrogens with zero attached hydrogens (tertiary/aromatic N) is 1. The van der Waals surface area contributed by atoms with Gasteiger partial charge in [-0.1, -0.05) is 0 Å². The van der Waals surface area contributed by atoms with E-state index in [-0.39, 0.29) is 6.61 Å². The molecule has 1 N–H and O–H groups in total. The molecule has 0 bridgehead atoms. The number of ketones is 1. The zero-order valence-electron chi connectivity index (χ0n) is 7.91. The zero-order valence-corrected chi connectivity index (χ0v) is 7.91. The summed E-state index contributed by atoms with van der Waals surface area (Å²) in [5.41, 5.74) is 0. The third kappa shape index (κ3) is 2.51. The average Bonchev–Trinajstić information content (AvgIpc) is 2.96. The molecule has 0 heterocycles. The standard InChI is InChI=1S/C10H17NO2/c12-6-5-11(9-3-4-9)7-10(13)8-1-2-8/h8-9,12H,1-7H2. The first-order chi connectivity index (χ1) is 6.31. The van der Waals surface area contributed by atoms with Crippen molar-refractivity contribution in [3.8, 4) is 0 Å². The summed E-state index contributed by atoms with van der Waals surface area (Å²) in [7, 11) is 0. The normalized spacial score (nSPS) is 22.3. The zero-order chi connectivity index (χ0) is 9.26. The van der Waals surface area contributed by atoms with Gasteiger partial charge in [0.05, 0.1) is 13.2 Å². The molecule has 0 atom stereocenters. The molecule has 0 aromatic heterocycles. The molecule has 2 saturated carbocycles. The molecule has 2 rings (SSSR count). The average molecular weight is 183 g/mol. The van der Waals surface area contributed by atoms with Gasteiger partial charge >= 0.3 is 0 Å². The van der Waals surface area contributed by atoms with Gasteiger partial charge in [-0.2, -0.15) is 0 Å². The van der Waals surface area contributed by atoms with E-state index in [1.54, 1.807) is 0 Å². The maximum absolute atomic E-state index is 11.5. The van der Waals surface area contributed by atoms with E-state index in [0.29, 0.717) is 30.8 Å². The van der Waals surface area contributed by atoms with E-state index in [4.69, 9.17) is 5.11 Å². The second-order valence-corrected chi connectivity index (χ2v) is 4.17. The molecule has 13 heavy (non-hydrogen) atoms. The van der Waals surface area contributed by atoms with E-state index >= 15 is 0 Å². The lowest BCUT2D eigenvalue weighted by molar-refractivity contribution is -0.121. The van der Waals surface area contributed by atoms with Crippen molar-refractivity contribution in [1.29, 1.82) is 0 Å². The van der Waals surface area contributed by atoms with Crippen LogP contribution in [0.25, 0.3) is 0 Å². The lowest BCUT2D eigenvalue weighted by Gasteiger charge is -2.19. The predicted octanol–water partition coefficient (Wildman–Crippen LogP) is 0.422. The van der Waals surface area contributed by atoms with Crippen LogP contribution in [0.15, 0.2) is 0 Å². The van der Waals surface area contributed by atoms with Crippen LogP contribution in [0.2, 0.25) is 0 Å². The molecule has 2 aliphatic carbocycles. The second-order valence-electron chi connectivity index (χ2n) is 4.17. The van der Waals surface area contributed by atoms with E-state index in [9.17, 15) is 4.79 Å². The van der Waals surface area contributed by atoms with Crippen LogP contribution >= 0.6 is 0 Å². The molecule has 0 aliphatic heterocycles. The highest BCUT2D eigenvalue weighted by Crippen LogP contribution is 2.32. The van der Waals surface area contributed by atoms with Crippen molar-refractivity contribution in [3.63, 3.8) is 0 Å². The quantitative estimate of drug-likeness (QED) is 0.649. The Bertz CT molecular complexity index is 197. The number of Topliss-reactive ketones (excluding diaryl/α,β-unsaturated/α-hetero) is 1. The third-order valence-corrected chi connectivity index (χ3v) is 2.84. The minimum absolute atomic E-state index is 0.175. The molecule has 74 valence electrons. The second kappa shape index (κ2) is 3.76. The van der Waals surface area contributed by atoms with Crippen molar-refractivity contribution >= 4 is 5.78 Å². The van der Waals surface area contributed by atoms with Crippen molar-refractivity contribution in [2.24, 2.45) is 5.92 Å². The van der Waals surface area contributed by atoms with E-state index < -0.39 is 0 Å². The molecule has 0 spiro atoms. The van der Waals surface area contributed by atoms with Crippen molar-refractivity contribution in [3.05, 3.63) is 0 Å². The molecule has 2 aliphatic rings. The van der Waals surface area contributed by atoms with Crippen molar-refractivity contribution in [2.75, 3.05) is 19.7 Å². The summed E-state index contributed by atoms with van der Waals surface area (Å²) in [6.07, 6.45) is 4.60.